The van der Waals surface area contributed by atoms with E-state index in [4.69, 9.17) is 0 Å². The van der Waals surface area contributed by atoms with Crippen LogP contribution < -0.4 is 0 Å². The van der Waals surface area contributed by atoms with Gasteiger partial charge in [0.1, 0.15) is 0 Å². The molecule has 0 atom stereocenters. The van der Waals surface area contributed by atoms with Crippen LogP contribution in [0.4, 0.5) is 0 Å². The third kappa shape index (κ3) is 8.68. The first-order valence-corrected chi connectivity index (χ1v) is 4.79. The Morgan fingerprint density at radius 2 is 1.93 bits per heavy atom. The molecule has 0 aliphatic rings. The smallest absolute Gasteiger partial charge is 0.305 e. The Morgan fingerprint density at radius 3 is 2.57 bits per heavy atom. The minimum absolute atomic E-state index is 0.169. The molecule has 0 aromatic heterocycles. The van der Waals surface area contributed by atoms with E-state index in [1.807, 2.05) is 6.92 Å². The third-order valence-corrected chi connectivity index (χ3v) is 1.51. The van der Waals surface area contributed by atoms with Crippen molar-refractivity contribution in [3.05, 3.63) is 0 Å². The van der Waals surface area contributed by atoms with Crippen molar-refractivity contribution in [3.8, 4) is 23.7 Å². The van der Waals surface area contributed by atoms with Gasteiger partial charge in [-0.25, -0.2) is 0 Å². The Morgan fingerprint density at radius 1 is 1.21 bits per heavy atom. The summed E-state index contributed by atoms with van der Waals surface area (Å²) >= 11 is 0. The number of ether oxygens (including phenoxy) is 1. The summed E-state index contributed by atoms with van der Waals surface area (Å²) < 4.78 is 4.50. The molecule has 0 amide bonds. The summed E-state index contributed by atoms with van der Waals surface area (Å²) in [5, 5.41) is 0. The summed E-state index contributed by atoms with van der Waals surface area (Å²) in [5.41, 5.74) is 0. The van der Waals surface area contributed by atoms with E-state index in [0.29, 0.717) is 12.8 Å². The van der Waals surface area contributed by atoms with Crippen molar-refractivity contribution in [1.29, 1.82) is 0 Å². The molecule has 0 rings (SSSR count). The molecule has 2 nitrogen and oxygen atoms in total. The van der Waals surface area contributed by atoms with Gasteiger partial charge < -0.3 is 4.74 Å². The molecular weight excluding hydrogens is 176 g/mol. The van der Waals surface area contributed by atoms with Gasteiger partial charge in [0.15, 0.2) is 0 Å². The van der Waals surface area contributed by atoms with Gasteiger partial charge in [-0.2, -0.15) is 0 Å². The maximum atomic E-state index is 10.7. The number of rotatable bonds is 3. The number of esters is 1. The summed E-state index contributed by atoms with van der Waals surface area (Å²) in [6, 6.07) is 0. The van der Waals surface area contributed by atoms with E-state index < -0.39 is 0 Å². The minimum atomic E-state index is -0.169. The van der Waals surface area contributed by atoms with Crippen LogP contribution in [0.2, 0.25) is 0 Å². The maximum absolute atomic E-state index is 10.7. The van der Waals surface area contributed by atoms with Crippen molar-refractivity contribution in [1.82, 2.24) is 0 Å². The Bertz CT molecular complexity index is 270. The average molecular weight is 192 g/mol. The van der Waals surface area contributed by atoms with Gasteiger partial charge in [0, 0.05) is 19.3 Å². The fourth-order valence-corrected chi connectivity index (χ4v) is 0.806. The van der Waals surface area contributed by atoms with E-state index in [1.165, 1.54) is 7.11 Å². The van der Waals surface area contributed by atoms with Gasteiger partial charge in [-0.05, 0) is 6.42 Å². The minimum Gasteiger partial charge on any atom is -0.469 e. The standard InChI is InChI=1S/C12H16O2/c1-3-4-5-6-7-8-9-10-11-12(13)14-2/h3,6,9-11H2,1-2H3. The number of hydrogen-bond acceptors (Lipinski definition) is 2. The second kappa shape index (κ2) is 9.68. The lowest BCUT2D eigenvalue weighted by Crippen LogP contribution is -1.98. The zero-order valence-corrected chi connectivity index (χ0v) is 8.85. The molecule has 0 aromatic carbocycles. The molecule has 0 heterocycles. The van der Waals surface area contributed by atoms with E-state index in [-0.39, 0.29) is 5.97 Å². The van der Waals surface area contributed by atoms with Crippen LogP contribution in [0, 0.1) is 23.7 Å². The molecule has 14 heavy (non-hydrogen) atoms. The van der Waals surface area contributed by atoms with E-state index in [9.17, 15) is 4.79 Å². The van der Waals surface area contributed by atoms with Crippen molar-refractivity contribution < 1.29 is 9.53 Å². The quantitative estimate of drug-likeness (QED) is 0.389. The van der Waals surface area contributed by atoms with Crippen LogP contribution in [-0.4, -0.2) is 13.1 Å². The molecule has 0 aliphatic carbocycles. The average Bonchev–Trinajstić information content (AvgIpc) is 2.21. The van der Waals surface area contributed by atoms with E-state index in [2.05, 4.69) is 28.4 Å². The second-order valence-corrected chi connectivity index (χ2v) is 2.67. The fourth-order valence-electron chi connectivity index (χ4n) is 0.806. The van der Waals surface area contributed by atoms with Gasteiger partial charge in [-0.3, -0.25) is 4.79 Å². The second-order valence-electron chi connectivity index (χ2n) is 2.67. The van der Waals surface area contributed by atoms with Crippen LogP contribution in [0.1, 0.15) is 39.0 Å². The Balaban J connectivity index is 3.39. The molecule has 0 bridgehead atoms. The predicted octanol–water partition coefficient (Wildman–Crippen LogP) is 2.14. The van der Waals surface area contributed by atoms with Gasteiger partial charge in [0.25, 0.3) is 0 Å². The topological polar surface area (TPSA) is 26.3 Å². The summed E-state index contributed by atoms with van der Waals surface area (Å²) in [5.74, 6) is 11.6. The van der Waals surface area contributed by atoms with Crippen LogP contribution >= 0.6 is 0 Å². The lowest BCUT2D eigenvalue weighted by atomic mass is 10.2. The molecule has 0 spiro atoms. The first-order valence-electron chi connectivity index (χ1n) is 4.79. The maximum Gasteiger partial charge on any atom is 0.305 e. The highest BCUT2D eigenvalue weighted by atomic mass is 16.5. The molecule has 0 fully saturated rings. The Kier molecular flexibility index (Phi) is 8.70. The van der Waals surface area contributed by atoms with Crippen molar-refractivity contribution in [2.75, 3.05) is 7.11 Å². The molecule has 0 aliphatic heterocycles. The first-order chi connectivity index (χ1) is 6.81. The molecule has 0 N–H and O–H groups in total. The summed E-state index contributed by atoms with van der Waals surface area (Å²) in [7, 11) is 1.40. The lowest BCUT2D eigenvalue weighted by molar-refractivity contribution is -0.140. The molecule has 0 unspecified atom stereocenters. The predicted molar refractivity (Wildman–Crippen MR) is 56.3 cm³/mol. The van der Waals surface area contributed by atoms with Crippen molar-refractivity contribution >= 4 is 5.97 Å². The number of carbonyl (C=O) groups excluding carboxylic acids is 1. The number of methoxy groups -OCH3 is 1. The monoisotopic (exact) mass is 192 g/mol. The zero-order valence-electron chi connectivity index (χ0n) is 8.85. The number of carbonyl (C=O) groups is 1. The fraction of sp³-hybridized carbons (Fsp3) is 0.583. The lowest BCUT2D eigenvalue weighted by Gasteiger charge is -1.93. The highest BCUT2D eigenvalue weighted by Gasteiger charge is 1.96. The van der Waals surface area contributed by atoms with Gasteiger partial charge in [-0.1, -0.05) is 18.8 Å². The van der Waals surface area contributed by atoms with Gasteiger partial charge in [0.05, 0.1) is 13.5 Å². The highest BCUT2D eigenvalue weighted by Crippen LogP contribution is 1.95. The van der Waals surface area contributed by atoms with Crippen molar-refractivity contribution in [2.45, 2.75) is 39.0 Å². The van der Waals surface area contributed by atoms with Crippen LogP contribution in [0.5, 0.6) is 0 Å². The molecule has 2 heteroatoms. The third-order valence-electron chi connectivity index (χ3n) is 1.51. The van der Waals surface area contributed by atoms with Crippen LogP contribution in [0.25, 0.3) is 0 Å². The molecule has 0 radical (unpaired) electrons. The Labute approximate surface area is 86.0 Å². The molecule has 0 saturated heterocycles. The Hall–Kier alpha value is -1.41. The van der Waals surface area contributed by atoms with Crippen molar-refractivity contribution in [2.24, 2.45) is 0 Å². The first kappa shape index (κ1) is 12.6. The summed E-state index contributed by atoms with van der Waals surface area (Å²) in [6.45, 7) is 2.01. The summed E-state index contributed by atoms with van der Waals surface area (Å²) in [4.78, 5) is 10.7. The van der Waals surface area contributed by atoms with Gasteiger partial charge in [-0.15, -0.1) is 11.8 Å². The van der Waals surface area contributed by atoms with Crippen molar-refractivity contribution in [3.63, 3.8) is 0 Å². The number of hydrogen-bond donors (Lipinski definition) is 0. The molecule has 0 saturated carbocycles. The van der Waals surface area contributed by atoms with Crippen LogP contribution in [0.3, 0.4) is 0 Å². The SMILES string of the molecule is CCC#CCC#CCCCC(=O)OC. The van der Waals surface area contributed by atoms with E-state index >= 15 is 0 Å². The van der Waals surface area contributed by atoms with E-state index in [1.54, 1.807) is 0 Å². The van der Waals surface area contributed by atoms with Crippen LogP contribution in [-0.2, 0) is 9.53 Å². The largest absolute Gasteiger partial charge is 0.469 e. The highest BCUT2D eigenvalue weighted by molar-refractivity contribution is 5.69. The summed E-state index contributed by atoms with van der Waals surface area (Å²) in [6.07, 6.45) is 3.46. The van der Waals surface area contributed by atoms with Gasteiger partial charge >= 0.3 is 5.97 Å². The van der Waals surface area contributed by atoms with Gasteiger partial charge in [0.2, 0.25) is 0 Å². The number of unbranched alkanes of at least 4 members (excludes halogenated alkanes) is 1. The zero-order chi connectivity index (χ0) is 10.6. The molecule has 76 valence electrons. The van der Waals surface area contributed by atoms with E-state index in [0.717, 1.165) is 19.3 Å². The molecular formula is C12H16O2. The molecule has 0 aromatic rings. The normalized spacial score (nSPS) is 7.86. The van der Waals surface area contributed by atoms with Crippen LogP contribution in [0.15, 0.2) is 0 Å².